The van der Waals surface area contributed by atoms with Crippen molar-refractivity contribution in [2.45, 2.75) is 65.2 Å². The summed E-state index contributed by atoms with van der Waals surface area (Å²) in [6, 6.07) is 118. The SMILES string of the molecule is Brc1cc2cc3sc(Br)cc3cc2s1.C.C=Cc1ccc(-c2ccc(N(c3ccc4c(c3)-c3ccccc3C4(C)C)c3cc4cc5sc(N(c6ccc(-c7ccc(C=C)cc7)cc6)c6ccc7c(c6)-c6ccccc6C7(C)C)cc5cc4s3)cc2)cc1.C=Cc1ccc(-c2ccc(Nc3ccc4c(c3)-c3ccccc3C4(C)C)cc2)cc1.S. The monoisotopic (exact) mass is 1740 g/mol. The Hall–Kier alpha value is -11.2. The maximum absolute atomic E-state index is 3.95. The van der Waals surface area contributed by atoms with Crippen LogP contribution in [-0.2, 0) is 16.2 Å². The van der Waals surface area contributed by atoms with Crippen molar-refractivity contribution in [2.24, 2.45) is 0 Å². The minimum absolute atomic E-state index is 0. The number of thiophene rings is 4. The van der Waals surface area contributed by atoms with E-state index in [-0.39, 0.29) is 37.2 Å². The van der Waals surface area contributed by atoms with Gasteiger partial charge in [0.25, 0.3) is 0 Å². The molecule has 4 aromatic heterocycles. The zero-order valence-corrected chi connectivity index (χ0v) is 73.2. The standard InChI is InChI=1S/C68H52N2S2.C29H25N.C10H4Br2S2.CH4.H2S/c1-7-43-17-21-45(22-18-43)47-25-29-51(30-26-47)69(53-33-35-61-57(41-53)55-13-9-11-15-59(55)67(61,3)4)65-39-49-37-64-50(38-63(49)71-65)40-66(72-64)70(52-31-27-48(28-32-52)46-23-19-44(8-2)20-24-46)54-34-36-62-58(42-54)56-14-10-12-16-60(56)68(62,5)6;1-4-20-9-11-21(12-10-20)22-13-15-23(16-14-22)30-24-17-18-28-26(19-24)25-7-5-6-8-27(25)29(28,2)3;11-9-3-5-1-7-6(2-8(5)14-9)4-10(12)13-7;;/h7-42H,1-2H2,3-6H3;4-19,30H,1H2,2-3H3;1-4H;1H4;1H2. The first-order valence-electron chi connectivity index (χ1n) is 39.2. The third-order valence-electron chi connectivity index (χ3n) is 23.8. The van der Waals surface area contributed by atoms with Crippen LogP contribution in [0.5, 0.6) is 0 Å². The first-order chi connectivity index (χ1) is 56.3. The Bertz CT molecular complexity index is 6490. The molecule has 3 aliphatic rings. The molecule has 0 fully saturated rings. The van der Waals surface area contributed by atoms with Gasteiger partial charge in [-0.25, -0.2) is 0 Å². The molecule has 21 rings (SSSR count). The topological polar surface area (TPSA) is 18.5 Å². The Morgan fingerprint density at radius 3 is 0.898 bits per heavy atom. The molecule has 0 atom stereocenters. The predicted octanol–water partition coefficient (Wildman–Crippen LogP) is 34.7. The van der Waals surface area contributed by atoms with Crippen LogP contribution in [0.2, 0.25) is 0 Å². The van der Waals surface area contributed by atoms with E-state index in [1.54, 1.807) is 22.7 Å². The summed E-state index contributed by atoms with van der Waals surface area (Å²) in [7, 11) is 0. The van der Waals surface area contributed by atoms with E-state index in [1.165, 1.54) is 158 Å². The second-order valence-electron chi connectivity index (χ2n) is 31.8. The lowest BCUT2D eigenvalue weighted by Gasteiger charge is -2.26. The summed E-state index contributed by atoms with van der Waals surface area (Å²) in [6.07, 6.45) is 5.65. The number of nitrogens with one attached hydrogen (secondary N) is 1. The minimum atomic E-state index is -0.0689. The van der Waals surface area contributed by atoms with Crippen LogP contribution in [0.4, 0.5) is 44.1 Å². The molecule has 0 saturated carbocycles. The zero-order chi connectivity index (χ0) is 79.3. The number of nitrogens with zero attached hydrogens (tertiary/aromatic N) is 2. The van der Waals surface area contributed by atoms with Crippen molar-refractivity contribution in [2.75, 3.05) is 15.1 Å². The molecule has 3 aliphatic carbocycles. The van der Waals surface area contributed by atoms with E-state index in [2.05, 4.69) is 430 Å². The fraction of sp³-hybridized carbons (Fsp3) is 0.0926. The fourth-order valence-corrected chi connectivity index (χ4v) is 23.0. The van der Waals surface area contributed by atoms with Crippen molar-refractivity contribution in [3.63, 3.8) is 0 Å². The fourth-order valence-electron chi connectivity index (χ4n) is 17.5. The van der Waals surface area contributed by atoms with Crippen LogP contribution < -0.4 is 15.1 Å². The molecule has 4 heterocycles. The Kier molecular flexibility index (Phi) is 21.5. The summed E-state index contributed by atoms with van der Waals surface area (Å²) >= 11 is 14.3. The van der Waals surface area contributed by atoms with Crippen molar-refractivity contribution in [1.82, 2.24) is 0 Å². The second kappa shape index (κ2) is 31.9. The molecule has 14 aromatic carbocycles. The molecule has 0 bridgehead atoms. The summed E-state index contributed by atoms with van der Waals surface area (Å²) < 4.78 is 7.60. The van der Waals surface area contributed by atoms with E-state index in [0.717, 1.165) is 50.8 Å². The second-order valence-corrected chi connectivity index (χ2v) is 38.9. The summed E-state index contributed by atoms with van der Waals surface area (Å²) in [5.74, 6) is 0. The van der Waals surface area contributed by atoms with Gasteiger partial charge in [0.05, 0.1) is 7.57 Å². The van der Waals surface area contributed by atoms with Crippen molar-refractivity contribution >= 4 is 193 Å². The third-order valence-corrected chi connectivity index (χ3v) is 29.1. The molecule has 118 heavy (non-hydrogen) atoms. The highest BCUT2D eigenvalue weighted by molar-refractivity contribution is 9.11. The van der Waals surface area contributed by atoms with Gasteiger partial charge >= 0.3 is 0 Å². The number of fused-ring (bicyclic) bond motifs is 13. The maximum Gasteiger partial charge on any atom is 0.101 e. The minimum Gasteiger partial charge on any atom is -0.356 e. The van der Waals surface area contributed by atoms with Crippen LogP contribution in [0, 0.1) is 0 Å². The molecule has 0 saturated heterocycles. The van der Waals surface area contributed by atoms with Crippen LogP contribution >= 0.6 is 90.7 Å². The van der Waals surface area contributed by atoms with Gasteiger partial charge in [0.15, 0.2) is 0 Å². The van der Waals surface area contributed by atoms with Gasteiger partial charge in [0.2, 0.25) is 0 Å². The van der Waals surface area contributed by atoms with Crippen LogP contribution in [-0.4, -0.2) is 0 Å². The van der Waals surface area contributed by atoms with Gasteiger partial charge in [-0.15, -0.1) is 45.3 Å². The molecule has 0 unspecified atom stereocenters. The van der Waals surface area contributed by atoms with Crippen molar-refractivity contribution < 1.29 is 0 Å². The molecule has 18 aromatic rings. The first-order valence-corrected chi connectivity index (χ1v) is 44.0. The molecule has 1 N–H and O–H groups in total. The lowest BCUT2D eigenvalue weighted by molar-refractivity contribution is 0.660. The highest BCUT2D eigenvalue weighted by atomic mass is 79.9. The van der Waals surface area contributed by atoms with E-state index in [9.17, 15) is 0 Å². The maximum atomic E-state index is 3.95. The summed E-state index contributed by atoms with van der Waals surface area (Å²) in [5.41, 5.74) is 33.4. The normalized spacial score (nSPS) is 13.1. The molecule has 0 spiro atoms. The third kappa shape index (κ3) is 14.5. The average Bonchev–Trinajstić information content (AvgIpc) is 1.58. The lowest BCUT2D eigenvalue weighted by Crippen LogP contribution is -2.15. The Balaban J connectivity index is 0.000000176. The van der Waals surface area contributed by atoms with Crippen LogP contribution in [0.3, 0.4) is 0 Å². The van der Waals surface area contributed by atoms with Gasteiger partial charge < -0.3 is 15.1 Å². The predicted molar refractivity (Wildman–Crippen MR) is 532 cm³/mol. The van der Waals surface area contributed by atoms with Gasteiger partial charge in [0, 0.05) is 69.2 Å². The zero-order valence-electron chi connectivity index (χ0n) is 65.7. The van der Waals surface area contributed by atoms with E-state index >= 15 is 0 Å². The van der Waals surface area contributed by atoms with E-state index < -0.39 is 0 Å². The first kappa shape index (κ1) is 79.3. The number of rotatable bonds is 14. The number of anilines is 8. The molecular formula is C108H87Br2N3S5. The molecular weight excluding hydrogens is 1660 g/mol. The van der Waals surface area contributed by atoms with Crippen LogP contribution in [0.25, 0.3) is 125 Å². The lowest BCUT2D eigenvalue weighted by atomic mass is 9.82. The van der Waals surface area contributed by atoms with Crippen molar-refractivity contribution in [3.05, 3.63) is 399 Å². The van der Waals surface area contributed by atoms with Crippen molar-refractivity contribution in [3.8, 4) is 66.8 Å². The number of hydrogen-bond donors (Lipinski definition) is 1. The van der Waals surface area contributed by atoms with E-state index in [0.29, 0.717) is 0 Å². The number of hydrogen-bond acceptors (Lipinski definition) is 7. The van der Waals surface area contributed by atoms with E-state index in [4.69, 9.17) is 0 Å². The summed E-state index contributed by atoms with van der Waals surface area (Å²) in [6.45, 7) is 25.7. The number of halogens is 2. The van der Waals surface area contributed by atoms with Gasteiger partial charge in [-0.05, 0) is 292 Å². The molecule has 0 radical (unpaired) electrons. The molecule has 0 aliphatic heterocycles. The smallest absolute Gasteiger partial charge is 0.101 e. The van der Waals surface area contributed by atoms with Crippen LogP contribution in [0.1, 0.15) is 99.0 Å². The van der Waals surface area contributed by atoms with Crippen molar-refractivity contribution in [1.29, 1.82) is 0 Å². The summed E-state index contributed by atoms with van der Waals surface area (Å²) in [4.78, 5) is 4.91. The van der Waals surface area contributed by atoms with Gasteiger partial charge in [0.1, 0.15) is 10.0 Å². The molecule has 0 amide bonds. The Morgan fingerprint density at radius 1 is 0.280 bits per heavy atom. The van der Waals surface area contributed by atoms with Gasteiger partial charge in [-0.3, -0.25) is 0 Å². The average molecular weight is 1750 g/mol. The Morgan fingerprint density at radius 2 is 0.551 bits per heavy atom. The molecule has 578 valence electrons. The molecule has 3 nitrogen and oxygen atoms in total. The molecule has 10 heteroatoms. The highest BCUT2D eigenvalue weighted by Crippen LogP contribution is 2.56. The van der Waals surface area contributed by atoms with Crippen LogP contribution in [0.15, 0.2) is 349 Å². The quantitative estimate of drug-likeness (QED) is 0.117. The van der Waals surface area contributed by atoms with Gasteiger partial charge in [-0.1, -0.05) is 287 Å². The number of benzene rings is 14. The highest BCUT2D eigenvalue weighted by Gasteiger charge is 2.39. The largest absolute Gasteiger partial charge is 0.356 e. The van der Waals surface area contributed by atoms with E-state index in [1.807, 2.05) is 40.9 Å². The van der Waals surface area contributed by atoms with Gasteiger partial charge in [-0.2, -0.15) is 13.5 Å². The summed E-state index contributed by atoms with van der Waals surface area (Å²) in [5, 5.41) is 11.1. The Labute approximate surface area is 732 Å².